The van der Waals surface area contributed by atoms with Crippen molar-refractivity contribution < 1.29 is 40.4 Å². The molecular weight excluding hydrogens is 575 g/mol. The van der Waals surface area contributed by atoms with Crippen LogP contribution in [-0.4, -0.2) is 67.2 Å². The first-order chi connectivity index (χ1) is 19.1. The van der Waals surface area contributed by atoms with Crippen molar-refractivity contribution >= 4 is 22.1 Å². The zero-order chi connectivity index (χ0) is 32.5. The fraction of sp³-hybridized carbons (Fsp3) is 0.621. The maximum atomic E-state index is 12.6. The van der Waals surface area contributed by atoms with E-state index < -0.39 is 27.0 Å². The van der Waals surface area contributed by atoms with E-state index in [0.717, 1.165) is 55.7 Å². The molecule has 0 bridgehead atoms. The van der Waals surface area contributed by atoms with Crippen LogP contribution in [0.15, 0.2) is 24.5 Å². The molecule has 238 valence electrons. The van der Waals surface area contributed by atoms with Crippen LogP contribution in [0.5, 0.6) is 5.75 Å². The van der Waals surface area contributed by atoms with E-state index in [-0.39, 0.29) is 11.8 Å². The summed E-state index contributed by atoms with van der Waals surface area (Å²) >= 11 is 0. The fourth-order valence-corrected chi connectivity index (χ4v) is 4.06. The first kappa shape index (κ1) is 37.3. The summed E-state index contributed by atoms with van der Waals surface area (Å²) in [5.74, 6) is -0.555. The lowest BCUT2D eigenvalue weighted by molar-refractivity contribution is -0.107. The number of aliphatic hydroxyl groups is 1. The Balaban J connectivity index is 0.000000759. The Morgan fingerprint density at radius 3 is 2.02 bits per heavy atom. The van der Waals surface area contributed by atoms with E-state index in [2.05, 4.69) is 32.9 Å². The molecule has 2 aromatic heterocycles. The molecule has 1 saturated heterocycles. The highest BCUT2D eigenvalue weighted by atomic mass is 32.2. The minimum absolute atomic E-state index is 0.160. The van der Waals surface area contributed by atoms with Gasteiger partial charge in [0.1, 0.15) is 6.29 Å². The molecule has 0 aromatic carbocycles. The lowest BCUT2D eigenvalue weighted by Gasteiger charge is -2.40. The number of aromatic nitrogens is 2. The SMILES string of the molecule is CC(C)(C)O.COC(C)C.Cc1ncc(-c2ccc(OS(=O)(=O)C(F)(F)F)cn2)c(N2CCC(C)(C)CC2)c1CC=O. The van der Waals surface area contributed by atoms with Gasteiger partial charge in [0.25, 0.3) is 0 Å². The van der Waals surface area contributed by atoms with Crippen LogP contribution >= 0.6 is 0 Å². The Morgan fingerprint density at radius 2 is 1.62 bits per heavy atom. The van der Waals surface area contributed by atoms with Crippen LogP contribution < -0.4 is 9.08 Å². The molecule has 0 atom stereocenters. The van der Waals surface area contributed by atoms with Crippen LogP contribution in [0.2, 0.25) is 0 Å². The molecule has 0 radical (unpaired) electrons. The third kappa shape index (κ3) is 12.2. The van der Waals surface area contributed by atoms with Crippen molar-refractivity contribution in [1.29, 1.82) is 0 Å². The van der Waals surface area contributed by atoms with E-state index >= 15 is 0 Å². The molecule has 1 fully saturated rings. The van der Waals surface area contributed by atoms with Gasteiger partial charge in [-0.3, -0.25) is 9.97 Å². The van der Waals surface area contributed by atoms with Gasteiger partial charge >= 0.3 is 15.6 Å². The number of carbonyl (C=O) groups is 1. The van der Waals surface area contributed by atoms with E-state index in [0.29, 0.717) is 23.1 Å². The zero-order valence-corrected chi connectivity index (χ0v) is 26.7. The Bertz CT molecular complexity index is 1240. The predicted molar refractivity (Wildman–Crippen MR) is 157 cm³/mol. The molecule has 3 heterocycles. The molecule has 1 N–H and O–H groups in total. The van der Waals surface area contributed by atoms with Crippen LogP contribution in [0.3, 0.4) is 0 Å². The number of rotatable bonds is 7. The number of methoxy groups -OCH3 is 1. The van der Waals surface area contributed by atoms with Crippen molar-refractivity contribution in [3.63, 3.8) is 0 Å². The van der Waals surface area contributed by atoms with Crippen molar-refractivity contribution in [2.75, 3.05) is 25.1 Å². The number of anilines is 1. The lowest BCUT2D eigenvalue weighted by Crippen LogP contribution is -2.38. The summed E-state index contributed by atoms with van der Waals surface area (Å²) in [5.41, 5.74) is -2.57. The van der Waals surface area contributed by atoms with Crippen LogP contribution in [-0.2, 0) is 26.1 Å². The summed E-state index contributed by atoms with van der Waals surface area (Å²) in [5, 5.41) is 8.52. The van der Waals surface area contributed by atoms with Gasteiger partial charge in [-0.15, -0.1) is 0 Å². The number of piperidine rings is 1. The van der Waals surface area contributed by atoms with E-state index in [1.54, 1.807) is 34.1 Å². The lowest BCUT2D eigenvalue weighted by atomic mass is 9.82. The number of aryl methyl sites for hydroxylation is 1. The minimum atomic E-state index is -5.78. The standard InChI is InChI=1S/C21H24F3N3O4S.2C4H10O/c1-14-16(6-11-28)19(27-9-7-20(2,3)8-10-27)17(13-25-14)18-5-4-15(12-26-18)31-32(29,30)21(22,23)24;1-4(2)5-3;1-4(2,3)5/h4-5,11-13H,6-10H2,1-3H3;4H,1-3H3;5H,1-3H3. The number of halogens is 3. The first-order valence-electron chi connectivity index (χ1n) is 13.5. The quantitative estimate of drug-likeness (QED) is 0.231. The summed E-state index contributed by atoms with van der Waals surface area (Å²) in [6.07, 6.45) is 5.77. The molecule has 2 aromatic rings. The zero-order valence-electron chi connectivity index (χ0n) is 25.9. The number of nitrogens with zero attached hydrogens (tertiary/aromatic N) is 3. The van der Waals surface area contributed by atoms with Crippen molar-refractivity contribution in [2.24, 2.45) is 5.41 Å². The van der Waals surface area contributed by atoms with Gasteiger partial charge in [-0.1, -0.05) is 13.8 Å². The van der Waals surface area contributed by atoms with Crippen molar-refractivity contribution in [3.05, 3.63) is 35.8 Å². The minimum Gasteiger partial charge on any atom is -0.391 e. The molecule has 0 aliphatic carbocycles. The maximum Gasteiger partial charge on any atom is 0.534 e. The van der Waals surface area contributed by atoms with Gasteiger partial charge in [0.15, 0.2) is 5.75 Å². The third-order valence-electron chi connectivity index (χ3n) is 6.06. The summed E-state index contributed by atoms with van der Waals surface area (Å²) < 4.78 is 69.0. The fourth-order valence-electron chi connectivity index (χ4n) is 3.61. The van der Waals surface area contributed by atoms with E-state index in [9.17, 15) is 26.4 Å². The van der Waals surface area contributed by atoms with Gasteiger partial charge in [0.05, 0.1) is 29.3 Å². The second-order valence-electron chi connectivity index (χ2n) is 11.9. The number of carbonyl (C=O) groups excluding carboxylic acids is 1. The topological polar surface area (TPSA) is 119 Å². The van der Waals surface area contributed by atoms with E-state index in [1.807, 2.05) is 20.8 Å². The van der Waals surface area contributed by atoms with Gasteiger partial charge in [-0.25, -0.2) is 0 Å². The van der Waals surface area contributed by atoms with E-state index in [1.165, 1.54) is 6.07 Å². The van der Waals surface area contributed by atoms with Crippen LogP contribution in [0.1, 0.15) is 72.6 Å². The second kappa shape index (κ2) is 15.1. The van der Waals surface area contributed by atoms with Crippen LogP contribution in [0.4, 0.5) is 18.9 Å². The predicted octanol–water partition coefficient (Wildman–Crippen LogP) is 5.87. The van der Waals surface area contributed by atoms with Gasteiger partial charge in [-0.2, -0.15) is 21.6 Å². The Labute approximate surface area is 247 Å². The first-order valence-corrected chi connectivity index (χ1v) is 14.9. The molecule has 1 aliphatic rings. The molecule has 0 saturated carbocycles. The van der Waals surface area contributed by atoms with Gasteiger partial charge in [-0.05, 0) is 71.9 Å². The molecule has 0 spiro atoms. The number of alkyl halides is 3. The van der Waals surface area contributed by atoms with Crippen LogP contribution in [0.25, 0.3) is 11.3 Å². The maximum absolute atomic E-state index is 12.6. The van der Waals surface area contributed by atoms with Crippen molar-refractivity contribution in [3.8, 4) is 17.0 Å². The van der Waals surface area contributed by atoms with E-state index in [4.69, 9.17) is 9.84 Å². The van der Waals surface area contributed by atoms with Crippen molar-refractivity contribution in [2.45, 2.75) is 91.9 Å². The number of aldehydes is 1. The highest BCUT2D eigenvalue weighted by Crippen LogP contribution is 2.39. The van der Waals surface area contributed by atoms with Crippen LogP contribution in [0, 0.1) is 12.3 Å². The molecular formula is C29H44F3N3O6S. The monoisotopic (exact) mass is 619 g/mol. The summed E-state index contributed by atoms with van der Waals surface area (Å²) in [4.78, 5) is 22.0. The Hall–Kier alpha value is -2.77. The average Bonchev–Trinajstić information content (AvgIpc) is 2.84. The normalized spacial score (nSPS) is 15.2. The largest absolute Gasteiger partial charge is 0.534 e. The van der Waals surface area contributed by atoms with Crippen molar-refractivity contribution in [1.82, 2.24) is 9.97 Å². The Morgan fingerprint density at radius 1 is 1.10 bits per heavy atom. The molecule has 0 amide bonds. The average molecular weight is 620 g/mol. The number of hydrogen-bond donors (Lipinski definition) is 1. The highest BCUT2D eigenvalue weighted by molar-refractivity contribution is 7.88. The summed E-state index contributed by atoms with van der Waals surface area (Å²) in [7, 11) is -4.08. The molecule has 42 heavy (non-hydrogen) atoms. The molecule has 13 heteroatoms. The molecule has 0 unspecified atom stereocenters. The van der Waals surface area contributed by atoms with Gasteiger partial charge < -0.3 is 23.7 Å². The van der Waals surface area contributed by atoms with Gasteiger partial charge in [0, 0.05) is 49.6 Å². The summed E-state index contributed by atoms with van der Waals surface area (Å²) in [6.45, 7) is 17.0. The smallest absolute Gasteiger partial charge is 0.391 e. The highest BCUT2D eigenvalue weighted by Gasteiger charge is 2.48. The Kier molecular flexibility index (Phi) is 13.4. The number of ether oxygens (including phenoxy) is 1. The molecule has 9 nitrogen and oxygen atoms in total. The number of hydrogen-bond acceptors (Lipinski definition) is 9. The summed E-state index contributed by atoms with van der Waals surface area (Å²) in [6, 6.07) is 2.48. The molecule has 1 aliphatic heterocycles. The molecule has 3 rings (SSSR count). The second-order valence-corrected chi connectivity index (χ2v) is 13.5. The third-order valence-corrected chi connectivity index (χ3v) is 7.04. The number of pyridine rings is 2. The van der Waals surface area contributed by atoms with Gasteiger partial charge in [0.2, 0.25) is 0 Å².